The van der Waals surface area contributed by atoms with Gasteiger partial charge in [0, 0.05) is 23.5 Å². The lowest BCUT2D eigenvalue weighted by Crippen LogP contribution is -2.29. The number of aliphatic hydroxyl groups excluding tert-OH is 2. The minimum Gasteiger partial charge on any atom is -0.485 e. The third-order valence-corrected chi connectivity index (χ3v) is 6.41. The van der Waals surface area contributed by atoms with Crippen LogP contribution in [0.25, 0.3) is 11.1 Å². The van der Waals surface area contributed by atoms with Crippen LogP contribution in [0.2, 0.25) is 5.02 Å². The number of hydrogen-bond donors (Lipinski definition) is 4. The Balaban J connectivity index is 1.51. The van der Waals surface area contributed by atoms with Crippen molar-refractivity contribution in [2.24, 2.45) is 0 Å². The molecule has 4 rings (SSSR count). The number of benzene rings is 2. The van der Waals surface area contributed by atoms with Gasteiger partial charge in [-0.05, 0) is 42.8 Å². The van der Waals surface area contributed by atoms with Gasteiger partial charge in [-0.25, -0.2) is 9.55 Å². The number of aliphatic hydroxyl groups is 2. The van der Waals surface area contributed by atoms with Crippen LogP contribution in [0.1, 0.15) is 30.5 Å². The number of phosphoric acid groups is 1. The SMILES string of the molecule is C[C@H](O)c1nccn1[C@@H](C#Cc1ccc(-c2ccc(O[C@@H]3COC[C@H]3O)cc2Cl)cc1)COP(=O)(O)O. The normalized spacial score (nSPS) is 19.2. The van der Waals surface area contributed by atoms with Gasteiger partial charge in [-0.15, -0.1) is 0 Å². The molecule has 3 aromatic rings. The molecule has 0 aliphatic carbocycles. The maximum atomic E-state index is 11.2. The molecule has 37 heavy (non-hydrogen) atoms. The van der Waals surface area contributed by atoms with Gasteiger partial charge in [-0.2, -0.15) is 0 Å². The molecule has 0 bridgehead atoms. The molecule has 0 radical (unpaired) electrons. The van der Waals surface area contributed by atoms with Gasteiger partial charge in [0.1, 0.15) is 35.9 Å². The van der Waals surface area contributed by atoms with Gasteiger partial charge < -0.3 is 34.0 Å². The first-order valence-corrected chi connectivity index (χ1v) is 13.3. The Morgan fingerprint density at radius 3 is 2.62 bits per heavy atom. The average Bonchev–Trinajstić information content (AvgIpc) is 3.49. The van der Waals surface area contributed by atoms with E-state index < -0.39 is 38.8 Å². The van der Waals surface area contributed by atoms with E-state index in [0.717, 1.165) is 11.1 Å². The molecule has 1 aromatic heterocycles. The molecule has 1 saturated heterocycles. The van der Waals surface area contributed by atoms with E-state index in [9.17, 15) is 14.8 Å². The highest BCUT2D eigenvalue weighted by Crippen LogP contribution is 2.37. The predicted octanol–water partition coefficient (Wildman–Crippen LogP) is 3.10. The van der Waals surface area contributed by atoms with Crippen LogP contribution in [-0.4, -0.2) is 61.6 Å². The summed E-state index contributed by atoms with van der Waals surface area (Å²) < 4.78 is 28.4. The molecule has 0 amide bonds. The third kappa shape index (κ3) is 7.20. The van der Waals surface area contributed by atoms with E-state index in [4.69, 9.17) is 30.9 Å². The number of ether oxygens (including phenoxy) is 2. The Morgan fingerprint density at radius 1 is 1.24 bits per heavy atom. The molecule has 1 fully saturated rings. The first kappa shape index (κ1) is 27.3. The zero-order valence-electron chi connectivity index (χ0n) is 19.8. The summed E-state index contributed by atoms with van der Waals surface area (Å²) >= 11 is 6.49. The summed E-state index contributed by atoms with van der Waals surface area (Å²) in [6.07, 6.45) is 1.000. The zero-order valence-corrected chi connectivity index (χ0v) is 21.4. The maximum absolute atomic E-state index is 11.2. The minimum absolute atomic E-state index is 0.243. The molecule has 10 nitrogen and oxygen atoms in total. The molecule has 4 N–H and O–H groups in total. The lowest BCUT2D eigenvalue weighted by atomic mass is 10.0. The number of hydrogen-bond acceptors (Lipinski definition) is 7. The number of halogens is 1. The third-order valence-electron chi connectivity index (χ3n) is 5.62. The fraction of sp³-hybridized carbons (Fsp3) is 0.320. The van der Waals surface area contributed by atoms with Crippen LogP contribution in [0.15, 0.2) is 54.9 Å². The second kappa shape index (κ2) is 11.8. The van der Waals surface area contributed by atoms with Gasteiger partial charge in [-0.1, -0.05) is 35.6 Å². The second-order valence-corrected chi connectivity index (χ2v) is 10.1. The zero-order chi connectivity index (χ0) is 26.6. The molecule has 12 heteroatoms. The van der Waals surface area contributed by atoms with Crippen molar-refractivity contribution >= 4 is 19.4 Å². The molecule has 0 spiro atoms. The quantitative estimate of drug-likeness (QED) is 0.246. The number of aromatic nitrogens is 2. The van der Waals surface area contributed by atoms with Crippen LogP contribution in [-0.2, 0) is 13.8 Å². The van der Waals surface area contributed by atoms with Gasteiger partial charge >= 0.3 is 7.82 Å². The van der Waals surface area contributed by atoms with Crippen molar-refractivity contribution < 1.29 is 38.6 Å². The average molecular weight is 549 g/mol. The smallest absolute Gasteiger partial charge is 0.469 e. The van der Waals surface area contributed by atoms with E-state index >= 15 is 0 Å². The van der Waals surface area contributed by atoms with E-state index in [1.165, 1.54) is 17.7 Å². The van der Waals surface area contributed by atoms with Crippen molar-refractivity contribution in [2.45, 2.75) is 31.3 Å². The lowest BCUT2D eigenvalue weighted by molar-refractivity contribution is 0.0734. The number of rotatable bonds is 8. The van der Waals surface area contributed by atoms with Crippen molar-refractivity contribution in [3.05, 3.63) is 71.3 Å². The molecule has 196 valence electrons. The molecule has 0 saturated carbocycles. The van der Waals surface area contributed by atoms with Gasteiger partial charge in [0.05, 0.1) is 24.8 Å². The van der Waals surface area contributed by atoms with E-state index in [1.807, 2.05) is 18.2 Å². The summed E-state index contributed by atoms with van der Waals surface area (Å²) in [5.41, 5.74) is 2.28. The minimum atomic E-state index is -4.72. The Morgan fingerprint density at radius 2 is 2.00 bits per heavy atom. The molecule has 1 aliphatic heterocycles. The monoisotopic (exact) mass is 548 g/mol. The van der Waals surface area contributed by atoms with Gasteiger partial charge in [0.2, 0.25) is 0 Å². The van der Waals surface area contributed by atoms with E-state index in [1.54, 1.807) is 30.5 Å². The summed E-state index contributed by atoms with van der Waals surface area (Å²) in [7, 11) is -4.72. The van der Waals surface area contributed by atoms with E-state index in [0.29, 0.717) is 28.8 Å². The first-order chi connectivity index (χ1) is 17.6. The summed E-state index contributed by atoms with van der Waals surface area (Å²) in [5.74, 6) is 6.75. The molecular weight excluding hydrogens is 523 g/mol. The first-order valence-electron chi connectivity index (χ1n) is 11.4. The molecule has 2 aromatic carbocycles. The van der Waals surface area contributed by atoms with Gasteiger partial charge in [0.25, 0.3) is 0 Å². The van der Waals surface area contributed by atoms with Crippen LogP contribution in [0.5, 0.6) is 5.75 Å². The predicted molar refractivity (Wildman–Crippen MR) is 135 cm³/mol. The standard InChI is InChI=1S/C25H26ClN2O8P/c1-16(29)25-27-10-11-28(25)19(13-35-37(31,32)33)7-4-17-2-5-18(6-3-17)21-9-8-20(12-22(21)26)36-24-15-34-14-23(24)30/h2-3,5-6,8-12,16,19,23-24,29-30H,13-15H2,1H3,(H2,31,32,33)/t16-,19-,23+,24+/m0/s1. The fourth-order valence-corrected chi connectivity index (χ4v) is 4.40. The maximum Gasteiger partial charge on any atom is 0.469 e. The highest BCUT2D eigenvalue weighted by Gasteiger charge is 2.28. The topological polar surface area (TPSA) is 144 Å². The van der Waals surface area contributed by atoms with E-state index in [-0.39, 0.29) is 6.61 Å². The molecule has 0 unspecified atom stereocenters. The summed E-state index contributed by atoms with van der Waals surface area (Å²) in [5, 5.41) is 20.3. The van der Waals surface area contributed by atoms with Crippen LogP contribution in [0, 0.1) is 11.8 Å². The second-order valence-electron chi connectivity index (χ2n) is 8.42. The Kier molecular flexibility index (Phi) is 8.70. The highest BCUT2D eigenvalue weighted by molar-refractivity contribution is 7.46. The number of phosphoric ester groups is 1. The van der Waals surface area contributed by atoms with Crippen molar-refractivity contribution in [2.75, 3.05) is 19.8 Å². The van der Waals surface area contributed by atoms with Crippen LogP contribution >= 0.6 is 19.4 Å². The summed E-state index contributed by atoms with van der Waals surface area (Å²) in [4.78, 5) is 22.3. The number of nitrogens with zero attached hydrogens (tertiary/aromatic N) is 2. The van der Waals surface area contributed by atoms with Crippen molar-refractivity contribution in [3.63, 3.8) is 0 Å². The lowest BCUT2D eigenvalue weighted by Gasteiger charge is -2.17. The van der Waals surface area contributed by atoms with Gasteiger partial charge in [0.15, 0.2) is 0 Å². The Hall–Kier alpha value is -2.71. The van der Waals surface area contributed by atoms with Crippen molar-refractivity contribution in [1.82, 2.24) is 9.55 Å². The molecular formula is C25H26ClN2O8P. The summed E-state index contributed by atoms with van der Waals surface area (Å²) in [6, 6.07) is 11.8. The van der Waals surface area contributed by atoms with Gasteiger partial charge in [-0.3, -0.25) is 4.52 Å². The van der Waals surface area contributed by atoms with Crippen molar-refractivity contribution in [1.29, 1.82) is 0 Å². The Bertz CT molecular complexity index is 1330. The van der Waals surface area contributed by atoms with Crippen molar-refractivity contribution in [3.8, 4) is 28.7 Å². The Labute approximate surface area is 218 Å². The molecule has 4 atom stereocenters. The largest absolute Gasteiger partial charge is 0.485 e. The molecule has 1 aliphatic rings. The summed E-state index contributed by atoms with van der Waals surface area (Å²) in [6.45, 7) is 1.69. The van der Waals surface area contributed by atoms with Crippen LogP contribution in [0.3, 0.4) is 0 Å². The highest BCUT2D eigenvalue weighted by atomic mass is 35.5. The van der Waals surface area contributed by atoms with E-state index in [2.05, 4.69) is 21.3 Å². The van der Waals surface area contributed by atoms with Crippen LogP contribution in [0.4, 0.5) is 0 Å². The van der Waals surface area contributed by atoms with Crippen LogP contribution < -0.4 is 4.74 Å². The molecule has 2 heterocycles. The number of imidazole rings is 1. The fourth-order valence-electron chi connectivity index (χ4n) is 3.78.